The Bertz CT molecular complexity index is 1580. The monoisotopic (exact) mass is 582 g/mol. The smallest absolute Gasteiger partial charge is 0.380 e. The maximum absolute atomic E-state index is 13.9. The van der Waals surface area contributed by atoms with Crippen molar-refractivity contribution in [3.05, 3.63) is 75.3 Å². The minimum atomic E-state index is -4.93. The van der Waals surface area contributed by atoms with Crippen LogP contribution in [0.5, 0.6) is 0 Å². The summed E-state index contributed by atoms with van der Waals surface area (Å²) in [6, 6.07) is 6.75. The van der Waals surface area contributed by atoms with Gasteiger partial charge in [0, 0.05) is 16.8 Å². The van der Waals surface area contributed by atoms with E-state index in [1.54, 1.807) is 12.1 Å². The van der Waals surface area contributed by atoms with Crippen LogP contribution < -0.4 is 11.0 Å². The number of benzene rings is 1. The van der Waals surface area contributed by atoms with Crippen LogP contribution in [0.3, 0.4) is 0 Å². The zero-order valence-corrected chi connectivity index (χ0v) is 21.3. The molecular formula is C23H19Cl2F3N8O3. The molecule has 0 spiro atoms. The maximum atomic E-state index is 13.9. The minimum absolute atomic E-state index is 0.0562. The van der Waals surface area contributed by atoms with E-state index < -0.39 is 36.0 Å². The first-order valence-electron chi connectivity index (χ1n) is 11.5. The van der Waals surface area contributed by atoms with Gasteiger partial charge in [-0.05, 0) is 49.2 Å². The molecule has 4 aromatic rings. The molecule has 0 saturated heterocycles. The van der Waals surface area contributed by atoms with Crippen molar-refractivity contribution < 1.29 is 23.1 Å². The second-order valence-electron chi connectivity index (χ2n) is 8.89. The molecule has 5 rings (SSSR count). The summed E-state index contributed by atoms with van der Waals surface area (Å²) in [6.45, 7) is -1.28. The highest BCUT2D eigenvalue weighted by atomic mass is 35.5. The Balaban J connectivity index is 1.50. The van der Waals surface area contributed by atoms with Crippen LogP contribution in [0.1, 0.15) is 18.7 Å². The highest BCUT2D eigenvalue weighted by Gasteiger charge is 2.51. The van der Waals surface area contributed by atoms with Gasteiger partial charge in [-0.15, -0.1) is 10.2 Å². The summed E-state index contributed by atoms with van der Waals surface area (Å²) >= 11 is 12.1. The third kappa shape index (κ3) is 5.67. The van der Waals surface area contributed by atoms with Gasteiger partial charge < -0.3 is 10.4 Å². The van der Waals surface area contributed by atoms with Gasteiger partial charge in [-0.2, -0.15) is 13.2 Å². The fourth-order valence-corrected chi connectivity index (χ4v) is 4.06. The molecule has 204 valence electrons. The van der Waals surface area contributed by atoms with Gasteiger partial charge in [0.2, 0.25) is 0 Å². The molecule has 1 aliphatic rings. The molecule has 1 aromatic carbocycles. The quantitative estimate of drug-likeness (QED) is 0.326. The number of aliphatic hydroxyl groups is 1. The normalized spacial score (nSPS) is 15.2. The summed E-state index contributed by atoms with van der Waals surface area (Å²) in [5.74, 6) is -0.847. The molecule has 1 fully saturated rings. The molecule has 0 bridgehead atoms. The molecular weight excluding hydrogens is 564 g/mol. The van der Waals surface area contributed by atoms with E-state index in [1.807, 2.05) is 5.32 Å². The van der Waals surface area contributed by atoms with Crippen LogP contribution in [0.2, 0.25) is 10.0 Å². The number of hydrogen-bond acceptors (Lipinski definition) is 7. The van der Waals surface area contributed by atoms with E-state index in [0.29, 0.717) is 21.4 Å². The fraction of sp³-hybridized carbons (Fsp3) is 0.304. The molecule has 1 atom stereocenters. The summed E-state index contributed by atoms with van der Waals surface area (Å²) < 4.78 is 44.8. The highest BCUT2D eigenvalue weighted by Crippen LogP contribution is 2.36. The van der Waals surface area contributed by atoms with Gasteiger partial charge in [-0.1, -0.05) is 23.2 Å². The van der Waals surface area contributed by atoms with E-state index in [2.05, 4.69) is 20.2 Å². The van der Waals surface area contributed by atoms with Gasteiger partial charge in [-0.25, -0.2) is 24.1 Å². The van der Waals surface area contributed by atoms with Crippen LogP contribution in [0.4, 0.5) is 13.2 Å². The van der Waals surface area contributed by atoms with E-state index in [-0.39, 0.29) is 31.0 Å². The third-order valence-electron chi connectivity index (χ3n) is 6.02. The summed E-state index contributed by atoms with van der Waals surface area (Å²) in [6.07, 6.45) is -1.99. The van der Waals surface area contributed by atoms with Crippen LogP contribution in [-0.2, 0) is 17.9 Å². The van der Waals surface area contributed by atoms with E-state index in [0.717, 1.165) is 9.25 Å². The molecule has 39 heavy (non-hydrogen) atoms. The first-order chi connectivity index (χ1) is 18.4. The van der Waals surface area contributed by atoms with Gasteiger partial charge in [0.1, 0.15) is 24.5 Å². The Morgan fingerprint density at radius 1 is 1.13 bits per heavy atom. The predicted molar refractivity (Wildman–Crippen MR) is 132 cm³/mol. The van der Waals surface area contributed by atoms with E-state index in [1.165, 1.54) is 41.5 Å². The SMILES string of the molecule is O=C(NC(Cn1c(-c2ccc(Cl)cc2)nn(Cc2ncn(-c3ncccc3Cl)n2)c1=O)C(F)(F)F)C1(O)CC1. The summed E-state index contributed by atoms with van der Waals surface area (Å²) in [5.41, 5.74) is -2.43. The van der Waals surface area contributed by atoms with Crippen molar-refractivity contribution in [1.29, 1.82) is 0 Å². The minimum Gasteiger partial charge on any atom is -0.380 e. The number of alkyl halides is 3. The zero-order chi connectivity index (χ0) is 27.9. The molecule has 1 saturated carbocycles. The molecule has 0 radical (unpaired) electrons. The molecule has 1 aliphatic carbocycles. The summed E-state index contributed by atoms with van der Waals surface area (Å²) in [7, 11) is 0. The van der Waals surface area contributed by atoms with E-state index in [4.69, 9.17) is 23.2 Å². The molecule has 1 unspecified atom stereocenters. The average molecular weight is 583 g/mol. The van der Waals surface area contributed by atoms with Crippen molar-refractivity contribution in [2.24, 2.45) is 0 Å². The Kier molecular flexibility index (Phi) is 6.95. The van der Waals surface area contributed by atoms with Crippen LogP contribution in [0, 0.1) is 0 Å². The van der Waals surface area contributed by atoms with Gasteiger partial charge in [0.15, 0.2) is 17.5 Å². The maximum Gasteiger partial charge on any atom is 0.410 e. The molecule has 2 N–H and O–H groups in total. The first kappa shape index (κ1) is 26.8. The molecule has 3 heterocycles. The lowest BCUT2D eigenvalue weighted by atomic mass is 10.2. The second-order valence-corrected chi connectivity index (χ2v) is 9.74. The Hall–Kier alpha value is -3.75. The third-order valence-corrected chi connectivity index (χ3v) is 6.57. The Morgan fingerprint density at radius 3 is 2.49 bits per heavy atom. The Morgan fingerprint density at radius 2 is 1.85 bits per heavy atom. The number of carbonyl (C=O) groups excluding carboxylic acids is 1. The number of aromatic nitrogens is 7. The largest absolute Gasteiger partial charge is 0.410 e. The van der Waals surface area contributed by atoms with Crippen LogP contribution in [0.15, 0.2) is 53.7 Å². The molecule has 11 nitrogen and oxygen atoms in total. The number of amides is 1. The fourth-order valence-electron chi connectivity index (χ4n) is 3.72. The van der Waals surface area contributed by atoms with Crippen molar-refractivity contribution in [3.63, 3.8) is 0 Å². The lowest BCUT2D eigenvalue weighted by Crippen LogP contribution is -2.52. The molecule has 0 aliphatic heterocycles. The first-order valence-corrected chi connectivity index (χ1v) is 12.3. The molecule has 3 aromatic heterocycles. The zero-order valence-electron chi connectivity index (χ0n) is 19.8. The summed E-state index contributed by atoms with van der Waals surface area (Å²) in [5, 5.41) is 20.9. The average Bonchev–Trinajstić information content (AvgIpc) is 3.35. The van der Waals surface area contributed by atoms with Crippen molar-refractivity contribution in [2.75, 3.05) is 0 Å². The van der Waals surface area contributed by atoms with Crippen molar-refractivity contribution in [1.82, 2.24) is 39.4 Å². The number of pyridine rings is 1. The Labute approximate surface area is 227 Å². The number of carbonyl (C=O) groups is 1. The van der Waals surface area contributed by atoms with Crippen LogP contribution in [0.25, 0.3) is 17.2 Å². The number of hydrogen-bond donors (Lipinski definition) is 2. The lowest BCUT2D eigenvalue weighted by Gasteiger charge is -2.23. The van der Waals surface area contributed by atoms with Gasteiger partial charge >= 0.3 is 11.9 Å². The van der Waals surface area contributed by atoms with Gasteiger partial charge in [0.05, 0.1) is 11.6 Å². The van der Waals surface area contributed by atoms with Crippen LogP contribution in [-0.4, -0.2) is 62.9 Å². The van der Waals surface area contributed by atoms with E-state index in [9.17, 15) is 27.9 Å². The number of nitrogens with one attached hydrogen (secondary N) is 1. The highest BCUT2D eigenvalue weighted by molar-refractivity contribution is 6.32. The van der Waals surface area contributed by atoms with Gasteiger partial charge in [-0.3, -0.25) is 9.36 Å². The second kappa shape index (κ2) is 10.1. The number of nitrogens with zero attached hydrogens (tertiary/aromatic N) is 7. The van der Waals surface area contributed by atoms with Crippen LogP contribution >= 0.6 is 23.2 Å². The van der Waals surface area contributed by atoms with Crippen molar-refractivity contribution in [2.45, 2.75) is 43.8 Å². The van der Waals surface area contributed by atoms with E-state index >= 15 is 0 Å². The van der Waals surface area contributed by atoms with Crippen molar-refractivity contribution >= 4 is 29.1 Å². The topological polar surface area (TPSA) is 133 Å². The number of rotatable bonds is 8. The lowest BCUT2D eigenvalue weighted by molar-refractivity contribution is -0.167. The predicted octanol–water partition coefficient (Wildman–Crippen LogP) is 2.61. The number of halogens is 5. The summed E-state index contributed by atoms with van der Waals surface area (Å²) in [4.78, 5) is 33.8. The van der Waals surface area contributed by atoms with Crippen molar-refractivity contribution in [3.8, 4) is 17.2 Å². The molecule has 16 heteroatoms. The standard InChI is InChI=1S/C23H19Cl2F3N8O3/c24-14-5-3-13(4-6-14)18-33-35(11-17-30-12-36(32-17)19-15(25)2-1-9-29-19)21(38)34(18)10-16(23(26,27)28)31-20(37)22(39)7-8-22/h1-6,9,12,16,39H,7-8,10-11H2,(H,31,37). The van der Waals surface area contributed by atoms with Gasteiger partial charge in [0.25, 0.3) is 5.91 Å². The molecule has 1 amide bonds.